The SMILES string of the molecule is CC[C@@]12c3c4ccc(OC)c3OC1C(C)CCC2C1[C@H]4N1C. The van der Waals surface area contributed by atoms with Gasteiger partial charge in [-0.2, -0.15) is 0 Å². The lowest BCUT2D eigenvalue weighted by Gasteiger charge is -2.49. The van der Waals surface area contributed by atoms with Crippen LogP contribution in [0.1, 0.15) is 50.3 Å². The highest BCUT2D eigenvalue weighted by Gasteiger charge is 2.69. The minimum atomic E-state index is 0.211. The molecule has 5 unspecified atom stereocenters. The third-order valence-corrected chi connectivity index (χ3v) is 7.16. The van der Waals surface area contributed by atoms with Gasteiger partial charge in [0, 0.05) is 17.0 Å². The van der Waals surface area contributed by atoms with Gasteiger partial charge in [0.05, 0.1) is 13.2 Å². The molecule has 0 amide bonds. The zero-order chi connectivity index (χ0) is 15.2. The second-order valence-corrected chi connectivity index (χ2v) is 7.76. The minimum Gasteiger partial charge on any atom is -0.493 e. The van der Waals surface area contributed by atoms with Crippen LogP contribution in [0.25, 0.3) is 0 Å². The molecule has 3 nitrogen and oxygen atoms in total. The first-order valence-corrected chi connectivity index (χ1v) is 8.75. The van der Waals surface area contributed by atoms with E-state index in [-0.39, 0.29) is 5.41 Å². The molecule has 0 aromatic heterocycles. The van der Waals surface area contributed by atoms with Crippen LogP contribution in [0.4, 0.5) is 0 Å². The molecule has 0 bridgehead atoms. The molecule has 0 spiro atoms. The normalized spacial score (nSPS) is 46.5. The second kappa shape index (κ2) is 4.00. The number of methoxy groups -OCH3 is 1. The molecule has 5 rings (SSSR count). The highest BCUT2D eigenvalue weighted by molar-refractivity contribution is 5.63. The summed E-state index contributed by atoms with van der Waals surface area (Å²) < 4.78 is 12.2. The van der Waals surface area contributed by atoms with Crippen molar-refractivity contribution >= 4 is 0 Å². The smallest absolute Gasteiger partial charge is 0.165 e. The fourth-order valence-electron chi connectivity index (χ4n) is 6.22. The van der Waals surface area contributed by atoms with Gasteiger partial charge < -0.3 is 9.47 Å². The number of hydrogen-bond acceptors (Lipinski definition) is 3. The van der Waals surface area contributed by atoms with Crippen LogP contribution in [-0.2, 0) is 5.41 Å². The molecular weight excluding hydrogens is 274 g/mol. The third-order valence-electron chi connectivity index (χ3n) is 7.16. The number of rotatable bonds is 2. The first kappa shape index (κ1) is 13.2. The molecule has 1 saturated carbocycles. The summed E-state index contributed by atoms with van der Waals surface area (Å²) in [6.45, 7) is 4.74. The van der Waals surface area contributed by atoms with Gasteiger partial charge in [-0.15, -0.1) is 0 Å². The van der Waals surface area contributed by atoms with Crippen molar-refractivity contribution in [3.05, 3.63) is 23.3 Å². The van der Waals surface area contributed by atoms with E-state index in [9.17, 15) is 0 Å². The van der Waals surface area contributed by atoms with Crippen molar-refractivity contribution in [3.8, 4) is 11.5 Å². The van der Waals surface area contributed by atoms with E-state index in [0.29, 0.717) is 18.1 Å². The van der Waals surface area contributed by atoms with Gasteiger partial charge in [0.15, 0.2) is 11.5 Å². The molecular formula is C19H25NO2. The largest absolute Gasteiger partial charge is 0.493 e. The molecule has 2 heterocycles. The molecule has 1 saturated heterocycles. The van der Waals surface area contributed by atoms with E-state index in [1.54, 1.807) is 7.11 Å². The minimum absolute atomic E-state index is 0.211. The number of hydrogen-bond donors (Lipinski definition) is 0. The highest BCUT2D eigenvalue weighted by Crippen LogP contribution is 2.69. The molecule has 7 atom stereocenters. The van der Waals surface area contributed by atoms with Crippen LogP contribution < -0.4 is 9.47 Å². The summed E-state index contributed by atoms with van der Waals surface area (Å²) in [5.41, 5.74) is 3.22. The van der Waals surface area contributed by atoms with Crippen LogP contribution in [0.5, 0.6) is 11.5 Å². The molecule has 2 aliphatic carbocycles. The van der Waals surface area contributed by atoms with E-state index in [0.717, 1.165) is 23.5 Å². The van der Waals surface area contributed by atoms with Crippen LogP contribution >= 0.6 is 0 Å². The van der Waals surface area contributed by atoms with Gasteiger partial charge in [0.2, 0.25) is 0 Å². The fraction of sp³-hybridized carbons (Fsp3) is 0.684. The van der Waals surface area contributed by atoms with E-state index in [4.69, 9.17) is 9.47 Å². The topological polar surface area (TPSA) is 21.5 Å². The first-order valence-electron chi connectivity index (χ1n) is 8.75. The molecule has 4 aliphatic rings. The predicted octanol–water partition coefficient (Wildman–Crippen LogP) is 3.52. The van der Waals surface area contributed by atoms with E-state index in [1.807, 2.05) is 0 Å². The third kappa shape index (κ3) is 1.22. The van der Waals surface area contributed by atoms with E-state index in [1.165, 1.54) is 30.4 Å². The Morgan fingerprint density at radius 3 is 2.91 bits per heavy atom. The summed E-state index contributed by atoms with van der Waals surface area (Å²) in [6, 6.07) is 5.76. The lowest BCUT2D eigenvalue weighted by Crippen LogP contribution is -2.54. The molecule has 0 N–H and O–H groups in total. The van der Waals surface area contributed by atoms with E-state index >= 15 is 0 Å². The summed E-state index contributed by atoms with van der Waals surface area (Å²) >= 11 is 0. The van der Waals surface area contributed by atoms with Gasteiger partial charge in [-0.1, -0.05) is 19.9 Å². The highest BCUT2D eigenvalue weighted by atomic mass is 16.5. The molecule has 0 radical (unpaired) electrons. The van der Waals surface area contributed by atoms with Crippen LogP contribution in [0.15, 0.2) is 12.1 Å². The van der Waals surface area contributed by atoms with Crippen LogP contribution in [-0.4, -0.2) is 31.2 Å². The summed E-state index contributed by atoms with van der Waals surface area (Å²) in [6.07, 6.45) is 4.14. The zero-order valence-corrected chi connectivity index (χ0v) is 13.9. The Labute approximate surface area is 132 Å². The van der Waals surface area contributed by atoms with E-state index < -0.39 is 0 Å². The molecule has 2 aliphatic heterocycles. The van der Waals surface area contributed by atoms with Gasteiger partial charge in [-0.3, -0.25) is 4.90 Å². The summed E-state index contributed by atoms with van der Waals surface area (Å²) in [5, 5.41) is 0. The van der Waals surface area contributed by atoms with Crippen molar-refractivity contribution in [1.29, 1.82) is 0 Å². The number of benzene rings is 1. The lowest BCUT2D eigenvalue weighted by molar-refractivity contribution is 0.00235. The molecule has 22 heavy (non-hydrogen) atoms. The number of fused-ring (bicyclic) bond motifs is 3. The van der Waals surface area contributed by atoms with Gasteiger partial charge in [-0.25, -0.2) is 0 Å². The average molecular weight is 299 g/mol. The Morgan fingerprint density at radius 2 is 2.18 bits per heavy atom. The van der Waals surface area contributed by atoms with Crippen LogP contribution in [0.3, 0.4) is 0 Å². The Balaban J connectivity index is 1.82. The first-order chi connectivity index (χ1) is 10.6. The fourth-order valence-corrected chi connectivity index (χ4v) is 6.22. The Hall–Kier alpha value is -1.22. The van der Waals surface area contributed by atoms with Gasteiger partial charge in [0.1, 0.15) is 6.10 Å². The summed E-state index contributed by atoms with van der Waals surface area (Å²) in [7, 11) is 4.06. The Morgan fingerprint density at radius 1 is 1.36 bits per heavy atom. The van der Waals surface area contributed by atoms with Gasteiger partial charge in [0.25, 0.3) is 0 Å². The standard InChI is InChI=1S/C19H25NO2/c1-5-19-12-8-6-10(2)18(19)22-17-13(21-4)9-7-11(14(17)19)15-16(12)20(15)3/h7,9-10,12,15-16,18H,5-6,8H2,1-4H3/t10?,12?,15-,16?,18?,19+,20?/m0/s1. The van der Waals surface area contributed by atoms with Crippen molar-refractivity contribution in [2.75, 3.05) is 14.2 Å². The zero-order valence-electron chi connectivity index (χ0n) is 13.9. The van der Waals surface area contributed by atoms with Crippen molar-refractivity contribution in [1.82, 2.24) is 4.90 Å². The Bertz CT molecular complexity index is 657. The van der Waals surface area contributed by atoms with Crippen LogP contribution in [0, 0.1) is 11.8 Å². The average Bonchev–Trinajstić information content (AvgIpc) is 3.05. The van der Waals surface area contributed by atoms with E-state index in [2.05, 4.69) is 37.9 Å². The van der Waals surface area contributed by atoms with Crippen molar-refractivity contribution in [2.24, 2.45) is 11.8 Å². The van der Waals surface area contributed by atoms with Gasteiger partial charge >= 0.3 is 0 Å². The van der Waals surface area contributed by atoms with Crippen LogP contribution in [0.2, 0.25) is 0 Å². The predicted molar refractivity (Wildman–Crippen MR) is 85.6 cm³/mol. The molecule has 2 fully saturated rings. The molecule has 118 valence electrons. The maximum absolute atomic E-state index is 6.59. The monoisotopic (exact) mass is 299 g/mol. The number of ether oxygens (including phenoxy) is 2. The molecule has 1 aromatic rings. The quantitative estimate of drug-likeness (QED) is 0.780. The molecule has 1 aromatic carbocycles. The Kier molecular flexibility index (Phi) is 2.41. The second-order valence-electron chi connectivity index (χ2n) is 7.76. The number of likely N-dealkylation sites (N-methyl/N-ethyl adjacent to an activating group) is 1. The summed E-state index contributed by atoms with van der Waals surface area (Å²) in [5.74, 6) is 3.36. The maximum Gasteiger partial charge on any atom is 0.165 e. The molecule has 3 heteroatoms. The number of nitrogens with zero attached hydrogens (tertiary/aromatic N) is 1. The summed E-state index contributed by atoms with van der Waals surface area (Å²) in [4.78, 5) is 2.58. The van der Waals surface area contributed by atoms with Crippen molar-refractivity contribution in [2.45, 2.75) is 56.7 Å². The maximum atomic E-state index is 6.59. The lowest BCUT2D eigenvalue weighted by atomic mass is 9.53. The van der Waals surface area contributed by atoms with Gasteiger partial charge in [-0.05, 0) is 49.8 Å². The van der Waals surface area contributed by atoms with Crippen molar-refractivity contribution in [3.63, 3.8) is 0 Å². The van der Waals surface area contributed by atoms with Crippen molar-refractivity contribution < 1.29 is 9.47 Å².